The van der Waals surface area contributed by atoms with E-state index in [0.29, 0.717) is 19.7 Å². The summed E-state index contributed by atoms with van der Waals surface area (Å²) in [7, 11) is -3.90. The van der Waals surface area contributed by atoms with E-state index < -0.39 is 16.0 Å². The molecule has 34 heavy (non-hydrogen) atoms. The maximum absolute atomic E-state index is 12.7. The Morgan fingerprint density at radius 3 is 2.26 bits per heavy atom. The standard InChI is InChI=1S/C25H27N3O5S/c1-2-33-24-11-7-6-10-23(24)28-16-14-27(15-17-28)19-12-13-22(21(18-19)25(29)30)26-34(31,32)20-8-4-3-5-9-20/h3-13,18,26H,2,14-17H2,1H3,(H,29,30). The number of carbonyl (C=O) groups is 1. The number of ether oxygens (including phenoxy) is 1. The first-order valence-electron chi connectivity index (χ1n) is 11.1. The molecule has 1 aliphatic heterocycles. The summed E-state index contributed by atoms with van der Waals surface area (Å²) >= 11 is 0. The first kappa shape index (κ1) is 23.4. The molecule has 0 aromatic heterocycles. The second kappa shape index (κ2) is 10.0. The number of hydrogen-bond acceptors (Lipinski definition) is 6. The van der Waals surface area contributed by atoms with Crippen molar-refractivity contribution in [1.29, 1.82) is 0 Å². The third-order valence-electron chi connectivity index (χ3n) is 5.68. The van der Waals surface area contributed by atoms with Gasteiger partial charge in [0.15, 0.2) is 0 Å². The highest BCUT2D eigenvalue weighted by molar-refractivity contribution is 7.92. The lowest BCUT2D eigenvalue weighted by Crippen LogP contribution is -2.46. The van der Waals surface area contributed by atoms with Crippen molar-refractivity contribution in [3.05, 3.63) is 78.4 Å². The zero-order chi connectivity index (χ0) is 24.1. The molecule has 3 aromatic carbocycles. The summed E-state index contributed by atoms with van der Waals surface area (Å²) in [5.41, 5.74) is 1.71. The molecule has 0 amide bonds. The van der Waals surface area contributed by atoms with Crippen molar-refractivity contribution >= 4 is 33.1 Å². The van der Waals surface area contributed by atoms with Crippen LogP contribution in [0.1, 0.15) is 17.3 Å². The molecular formula is C25H27N3O5S. The van der Waals surface area contributed by atoms with Crippen molar-refractivity contribution in [3.63, 3.8) is 0 Å². The van der Waals surface area contributed by atoms with Gasteiger partial charge in [0.25, 0.3) is 10.0 Å². The van der Waals surface area contributed by atoms with E-state index in [1.165, 1.54) is 24.3 Å². The maximum atomic E-state index is 12.7. The summed E-state index contributed by atoms with van der Waals surface area (Å²) < 4.78 is 33.5. The number of aromatic carboxylic acids is 1. The topological polar surface area (TPSA) is 99.2 Å². The molecule has 0 bridgehead atoms. The number of sulfonamides is 1. The Bertz CT molecular complexity index is 1260. The molecule has 9 heteroatoms. The van der Waals surface area contributed by atoms with Crippen molar-refractivity contribution in [3.8, 4) is 5.75 Å². The first-order chi connectivity index (χ1) is 16.4. The van der Waals surface area contributed by atoms with E-state index in [-0.39, 0.29) is 16.1 Å². The number of piperazine rings is 1. The predicted octanol–water partition coefficient (Wildman–Crippen LogP) is 3.91. The maximum Gasteiger partial charge on any atom is 0.337 e. The van der Waals surface area contributed by atoms with Crippen LogP contribution in [0, 0.1) is 0 Å². The number of carboxylic acid groups (broad SMARTS) is 1. The highest BCUT2D eigenvalue weighted by atomic mass is 32.2. The zero-order valence-corrected chi connectivity index (χ0v) is 19.7. The molecule has 0 saturated carbocycles. The minimum Gasteiger partial charge on any atom is -0.492 e. The third kappa shape index (κ3) is 5.09. The van der Waals surface area contributed by atoms with Crippen LogP contribution >= 0.6 is 0 Å². The molecule has 3 aromatic rings. The van der Waals surface area contributed by atoms with Crippen LogP contribution in [0.4, 0.5) is 17.1 Å². The Labute approximate surface area is 199 Å². The number of anilines is 3. The summed E-state index contributed by atoms with van der Waals surface area (Å²) in [6, 6.07) is 20.6. The van der Waals surface area contributed by atoms with Crippen LogP contribution in [0.25, 0.3) is 0 Å². The van der Waals surface area contributed by atoms with Crippen LogP contribution < -0.4 is 19.3 Å². The monoisotopic (exact) mass is 481 g/mol. The van der Waals surface area contributed by atoms with Crippen molar-refractivity contribution in [2.75, 3.05) is 47.3 Å². The van der Waals surface area contributed by atoms with E-state index in [9.17, 15) is 18.3 Å². The van der Waals surface area contributed by atoms with Crippen molar-refractivity contribution in [1.82, 2.24) is 0 Å². The first-order valence-corrected chi connectivity index (χ1v) is 12.5. The number of nitrogens with zero attached hydrogens (tertiary/aromatic N) is 2. The minimum atomic E-state index is -3.90. The number of para-hydroxylation sites is 2. The smallest absolute Gasteiger partial charge is 0.337 e. The van der Waals surface area contributed by atoms with Crippen LogP contribution in [0.5, 0.6) is 5.75 Å². The highest BCUT2D eigenvalue weighted by Gasteiger charge is 2.23. The fourth-order valence-corrected chi connectivity index (χ4v) is 5.10. The Balaban J connectivity index is 1.51. The van der Waals surface area contributed by atoms with E-state index in [4.69, 9.17) is 4.74 Å². The molecule has 2 N–H and O–H groups in total. The van der Waals surface area contributed by atoms with Gasteiger partial charge in [-0.05, 0) is 49.4 Å². The average molecular weight is 482 g/mol. The van der Waals surface area contributed by atoms with Crippen LogP contribution in [0.3, 0.4) is 0 Å². The number of rotatable bonds is 8. The predicted molar refractivity (Wildman–Crippen MR) is 133 cm³/mol. The molecular weight excluding hydrogens is 454 g/mol. The van der Waals surface area contributed by atoms with E-state index >= 15 is 0 Å². The molecule has 0 atom stereocenters. The minimum absolute atomic E-state index is 0.0318. The molecule has 8 nitrogen and oxygen atoms in total. The molecule has 1 saturated heterocycles. The van der Waals surface area contributed by atoms with Crippen LogP contribution in [0.2, 0.25) is 0 Å². The zero-order valence-electron chi connectivity index (χ0n) is 18.8. The molecule has 1 heterocycles. The third-order valence-corrected chi connectivity index (χ3v) is 7.06. The normalized spacial score (nSPS) is 14.0. The molecule has 0 unspecified atom stereocenters. The lowest BCUT2D eigenvalue weighted by atomic mass is 10.1. The SMILES string of the molecule is CCOc1ccccc1N1CCN(c2ccc(NS(=O)(=O)c3ccccc3)c(C(=O)O)c2)CC1. The van der Waals surface area contributed by atoms with Crippen LogP contribution in [-0.2, 0) is 10.0 Å². The number of carboxylic acids is 1. The highest BCUT2D eigenvalue weighted by Crippen LogP contribution is 2.31. The van der Waals surface area contributed by atoms with Crippen molar-refractivity contribution in [2.45, 2.75) is 11.8 Å². The summed E-state index contributed by atoms with van der Waals surface area (Å²) in [6.45, 7) is 5.42. The van der Waals surface area contributed by atoms with Gasteiger partial charge in [-0.3, -0.25) is 4.72 Å². The molecule has 4 rings (SSSR count). The van der Waals surface area contributed by atoms with Crippen LogP contribution in [0.15, 0.2) is 77.7 Å². The largest absolute Gasteiger partial charge is 0.492 e. The van der Waals surface area contributed by atoms with Crippen LogP contribution in [-0.4, -0.2) is 52.3 Å². The summed E-state index contributed by atoms with van der Waals surface area (Å²) in [5.74, 6) is -0.349. The fourth-order valence-electron chi connectivity index (χ4n) is 4.00. The van der Waals surface area contributed by atoms with Crippen molar-refractivity contribution in [2.24, 2.45) is 0 Å². The fraction of sp³-hybridized carbons (Fsp3) is 0.240. The van der Waals surface area contributed by atoms with E-state index in [2.05, 4.69) is 14.5 Å². The molecule has 178 valence electrons. The van der Waals surface area contributed by atoms with E-state index in [0.717, 1.165) is 30.2 Å². The van der Waals surface area contributed by atoms with Gasteiger partial charge in [-0.1, -0.05) is 30.3 Å². The molecule has 1 fully saturated rings. The Kier molecular flexibility index (Phi) is 6.93. The summed E-state index contributed by atoms with van der Waals surface area (Å²) in [6.07, 6.45) is 0. The molecule has 0 radical (unpaired) electrons. The summed E-state index contributed by atoms with van der Waals surface area (Å²) in [4.78, 5) is 16.4. The van der Waals surface area contributed by atoms with Gasteiger partial charge in [0.2, 0.25) is 0 Å². The van der Waals surface area contributed by atoms with Gasteiger partial charge in [-0.25, -0.2) is 13.2 Å². The molecule has 0 aliphatic carbocycles. The number of hydrogen-bond donors (Lipinski definition) is 2. The second-order valence-electron chi connectivity index (χ2n) is 7.83. The van der Waals surface area contributed by atoms with Gasteiger partial charge in [-0.15, -0.1) is 0 Å². The lowest BCUT2D eigenvalue weighted by Gasteiger charge is -2.38. The number of benzene rings is 3. The van der Waals surface area contributed by atoms with Gasteiger partial charge in [0.05, 0.1) is 28.4 Å². The van der Waals surface area contributed by atoms with Gasteiger partial charge >= 0.3 is 5.97 Å². The lowest BCUT2D eigenvalue weighted by molar-refractivity contribution is 0.0698. The Morgan fingerprint density at radius 1 is 0.941 bits per heavy atom. The van der Waals surface area contributed by atoms with Crippen molar-refractivity contribution < 1.29 is 23.1 Å². The van der Waals surface area contributed by atoms with E-state index in [1.807, 2.05) is 31.2 Å². The Hall–Kier alpha value is -3.72. The van der Waals surface area contributed by atoms with Gasteiger partial charge in [0, 0.05) is 31.9 Å². The Morgan fingerprint density at radius 2 is 1.59 bits per heavy atom. The molecule has 0 spiro atoms. The van der Waals surface area contributed by atoms with Gasteiger partial charge < -0.3 is 19.6 Å². The average Bonchev–Trinajstić information content (AvgIpc) is 2.85. The van der Waals surface area contributed by atoms with Gasteiger partial charge in [-0.2, -0.15) is 0 Å². The quantitative estimate of drug-likeness (QED) is 0.503. The number of nitrogens with one attached hydrogen (secondary N) is 1. The van der Waals surface area contributed by atoms with E-state index in [1.54, 1.807) is 24.3 Å². The second-order valence-corrected chi connectivity index (χ2v) is 9.51. The molecule has 1 aliphatic rings. The van der Waals surface area contributed by atoms with Gasteiger partial charge in [0.1, 0.15) is 5.75 Å². The summed E-state index contributed by atoms with van der Waals surface area (Å²) in [5, 5.41) is 9.75.